The molecule has 8 heteroatoms. The number of hydrogen-bond acceptors (Lipinski definition) is 4. The van der Waals surface area contributed by atoms with E-state index in [0.29, 0.717) is 5.56 Å². The first kappa shape index (κ1) is 15.1. The Morgan fingerprint density at radius 1 is 1.48 bits per heavy atom. The molecular formula is C13H12ClFN2O4. The Labute approximate surface area is 124 Å². The summed E-state index contributed by atoms with van der Waals surface area (Å²) in [5.41, 5.74) is 0.387. The maximum Gasteiger partial charge on any atom is 0.283 e. The van der Waals surface area contributed by atoms with Crippen LogP contribution in [0.2, 0.25) is 5.02 Å². The molecule has 2 rings (SSSR count). The molecule has 0 aliphatic carbocycles. The van der Waals surface area contributed by atoms with Crippen LogP contribution < -0.4 is 0 Å². The zero-order valence-corrected chi connectivity index (χ0v) is 11.7. The lowest BCUT2D eigenvalue weighted by atomic mass is 10.2. The number of H-pyrrole nitrogens is 1. The van der Waals surface area contributed by atoms with Crippen molar-refractivity contribution in [3.63, 3.8) is 0 Å². The molecule has 2 aromatic rings. The van der Waals surface area contributed by atoms with Crippen LogP contribution in [0.4, 0.5) is 4.39 Å². The van der Waals surface area contributed by atoms with Gasteiger partial charge in [0, 0.05) is 6.20 Å². The average molecular weight is 315 g/mol. The zero-order chi connectivity index (χ0) is 15.6. The van der Waals surface area contributed by atoms with E-state index in [4.69, 9.17) is 16.4 Å². The van der Waals surface area contributed by atoms with Crippen LogP contribution in [0, 0.1) is 5.82 Å². The van der Waals surface area contributed by atoms with E-state index >= 15 is 0 Å². The Morgan fingerprint density at radius 3 is 2.71 bits per heavy atom. The summed E-state index contributed by atoms with van der Waals surface area (Å²) >= 11 is 5.67. The van der Waals surface area contributed by atoms with Gasteiger partial charge in [0.2, 0.25) is 5.88 Å². The monoisotopic (exact) mass is 314 g/mol. The number of aromatic nitrogens is 1. The van der Waals surface area contributed by atoms with Gasteiger partial charge in [0.25, 0.3) is 5.91 Å². The fourth-order valence-electron chi connectivity index (χ4n) is 1.73. The average Bonchev–Trinajstić information content (AvgIpc) is 2.79. The number of benzene rings is 1. The Balaban J connectivity index is 2.21. The van der Waals surface area contributed by atoms with Crippen molar-refractivity contribution in [2.45, 2.75) is 6.54 Å². The molecule has 0 saturated heterocycles. The molecule has 6 nitrogen and oxygen atoms in total. The van der Waals surface area contributed by atoms with Crippen molar-refractivity contribution in [2.24, 2.45) is 0 Å². The van der Waals surface area contributed by atoms with E-state index in [9.17, 15) is 19.4 Å². The summed E-state index contributed by atoms with van der Waals surface area (Å²) in [5.74, 6) is -2.32. The van der Waals surface area contributed by atoms with Crippen LogP contribution in [0.15, 0.2) is 24.4 Å². The molecule has 3 N–H and O–H groups in total. The molecule has 1 amide bonds. The third-order valence-corrected chi connectivity index (χ3v) is 3.11. The molecule has 112 valence electrons. The lowest BCUT2D eigenvalue weighted by Gasteiger charge is -2.19. The largest absolute Gasteiger partial charge is 0.503 e. The first-order valence-corrected chi connectivity index (χ1v) is 6.21. The number of nitrogens with zero attached hydrogens (tertiary/aromatic N) is 1. The van der Waals surface area contributed by atoms with E-state index in [1.807, 2.05) is 0 Å². The number of aromatic hydroxyl groups is 2. The standard InChI is InChI=1S/C13H12ClFN2O4/c1-21-17(6-7-2-3-10(15)9(14)4-7)13(20)8-5-16-12(19)11(8)18/h2-5,16,18-19H,6H2,1H3. The van der Waals surface area contributed by atoms with Gasteiger partial charge < -0.3 is 15.2 Å². The van der Waals surface area contributed by atoms with Crippen LogP contribution in [0.25, 0.3) is 0 Å². The van der Waals surface area contributed by atoms with Crippen molar-refractivity contribution in [3.05, 3.63) is 46.4 Å². The highest BCUT2D eigenvalue weighted by atomic mass is 35.5. The number of hydrogen-bond donors (Lipinski definition) is 3. The summed E-state index contributed by atoms with van der Waals surface area (Å²) in [4.78, 5) is 19.4. The van der Waals surface area contributed by atoms with Crippen molar-refractivity contribution in [1.29, 1.82) is 0 Å². The van der Waals surface area contributed by atoms with Crippen molar-refractivity contribution >= 4 is 17.5 Å². The Hall–Kier alpha value is -2.25. The second kappa shape index (κ2) is 6.02. The van der Waals surface area contributed by atoms with Gasteiger partial charge in [0.05, 0.1) is 18.7 Å². The summed E-state index contributed by atoms with van der Waals surface area (Å²) in [7, 11) is 1.27. The summed E-state index contributed by atoms with van der Waals surface area (Å²) in [6.45, 7) is -0.0132. The van der Waals surface area contributed by atoms with E-state index in [1.165, 1.54) is 25.3 Å². The third kappa shape index (κ3) is 3.09. The normalized spacial score (nSPS) is 10.6. The second-order valence-electron chi connectivity index (χ2n) is 4.17. The van der Waals surface area contributed by atoms with Crippen LogP contribution in [-0.4, -0.2) is 33.3 Å². The Bertz CT molecular complexity index is 674. The smallest absolute Gasteiger partial charge is 0.283 e. The Kier molecular flexibility index (Phi) is 4.35. The highest BCUT2D eigenvalue weighted by Crippen LogP contribution is 2.29. The van der Waals surface area contributed by atoms with Gasteiger partial charge in [-0.1, -0.05) is 17.7 Å². The minimum atomic E-state index is -0.674. The molecular weight excluding hydrogens is 303 g/mol. The number of aromatic amines is 1. The van der Waals surface area contributed by atoms with Crippen LogP contribution >= 0.6 is 11.6 Å². The number of halogens is 2. The van der Waals surface area contributed by atoms with Gasteiger partial charge in [0.15, 0.2) is 5.75 Å². The lowest BCUT2D eigenvalue weighted by Crippen LogP contribution is -2.29. The van der Waals surface area contributed by atoms with Crippen LogP contribution in [0.5, 0.6) is 11.6 Å². The van der Waals surface area contributed by atoms with Gasteiger partial charge in [-0.2, -0.15) is 0 Å². The maximum absolute atomic E-state index is 13.1. The number of carbonyl (C=O) groups excluding carboxylic acids is 1. The van der Waals surface area contributed by atoms with Gasteiger partial charge in [-0.15, -0.1) is 0 Å². The fourth-order valence-corrected chi connectivity index (χ4v) is 1.93. The van der Waals surface area contributed by atoms with Crippen LogP contribution in [0.3, 0.4) is 0 Å². The molecule has 1 aromatic heterocycles. The zero-order valence-electron chi connectivity index (χ0n) is 10.9. The minimum absolute atomic E-state index is 0.0132. The van der Waals surface area contributed by atoms with Crippen molar-refractivity contribution < 1.29 is 24.2 Å². The van der Waals surface area contributed by atoms with Crippen molar-refractivity contribution in [3.8, 4) is 11.6 Å². The van der Waals surface area contributed by atoms with Crippen LogP contribution in [0.1, 0.15) is 15.9 Å². The molecule has 21 heavy (non-hydrogen) atoms. The first-order chi connectivity index (χ1) is 9.93. The number of hydroxylamine groups is 2. The number of amides is 1. The Morgan fingerprint density at radius 2 is 2.19 bits per heavy atom. The molecule has 0 unspecified atom stereocenters. The van der Waals surface area contributed by atoms with E-state index in [-0.39, 0.29) is 17.1 Å². The molecule has 1 heterocycles. The predicted octanol–water partition coefficient (Wildman–Crippen LogP) is 2.42. The highest BCUT2D eigenvalue weighted by Gasteiger charge is 2.23. The van der Waals surface area contributed by atoms with E-state index in [2.05, 4.69) is 4.98 Å². The van der Waals surface area contributed by atoms with Crippen molar-refractivity contribution in [1.82, 2.24) is 10.0 Å². The molecule has 1 aromatic carbocycles. The lowest BCUT2D eigenvalue weighted by molar-refractivity contribution is -0.102. The maximum atomic E-state index is 13.1. The molecule has 0 atom stereocenters. The fraction of sp³-hybridized carbons (Fsp3) is 0.154. The van der Waals surface area contributed by atoms with Gasteiger partial charge in [-0.3, -0.25) is 9.63 Å². The minimum Gasteiger partial charge on any atom is -0.503 e. The van der Waals surface area contributed by atoms with Crippen LogP contribution in [-0.2, 0) is 11.4 Å². The number of nitrogens with one attached hydrogen (secondary N) is 1. The number of carbonyl (C=O) groups is 1. The first-order valence-electron chi connectivity index (χ1n) is 5.83. The molecule has 0 bridgehead atoms. The van der Waals surface area contributed by atoms with E-state index < -0.39 is 23.4 Å². The summed E-state index contributed by atoms with van der Waals surface area (Å²) in [6.07, 6.45) is 1.15. The SMILES string of the molecule is CON(Cc1ccc(F)c(Cl)c1)C(=O)c1c[nH]c(O)c1O. The van der Waals surface area contributed by atoms with Gasteiger partial charge >= 0.3 is 0 Å². The highest BCUT2D eigenvalue weighted by molar-refractivity contribution is 6.30. The molecule has 0 fully saturated rings. The third-order valence-electron chi connectivity index (χ3n) is 2.82. The topological polar surface area (TPSA) is 85.8 Å². The number of rotatable bonds is 4. The predicted molar refractivity (Wildman–Crippen MR) is 72.4 cm³/mol. The molecule has 0 radical (unpaired) electrons. The molecule has 0 saturated carbocycles. The van der Waals surface area contributed by atoms with Gasteiger partial charge in [-0.25, -0.2) is 9.45 Å². The van der Waals surface area contributed by atoms with E-state index in [1.54, 1.807) is 0 Å². The molecule has 0 spiro atoms. The summed E-state index contributed by atoms with van der Waals surface area (Å²) in [5, 5.41) is 19.6. The van der Waals surface area contributed by atoms with Gasteiger partial charge in [-0.05, 0) is 17.7 Å². The molecule has 0 aliphatic rings. The molecule has 0 aliphatic heterocycles. The second-order valence-corrected chi connectivity index (χ2v) is 4.58. The summed E-state index contributed by atoms with van der Waals surface area (Å²) < 4.78 is 13.1. The quantitative estimate of drug-likeness (QED) is 0.757. The van der Waals surface area contributed by atoms with Gasteiger partial charge in [0.1, 0.15) is 11.4 Å². The van der Waals surface area contributed by atoms with E-state index in [0.717, 1.165) is 11.3 Å². The summed E-state index contributed by atoms with van der Waals surface area (Å²) in [6, 6.07) is 4.00. The van der Waals surface area contributed by atoms with Crippen molar-refractivity contribution in [2.75, 3.05) is 7.11 Å².